The van der Waals surface area contributed by atoms with Crippen molar-refractivity contribution >= 4 is 12.4 Å². The zero-order valence-corrected chi connectivity index (χ0v) is 53.0. The highest BCUT2D eigenvalue weighted by Gasteiger charge is 2.58. The van der Waals surface area contributed by atoms with Crippen molar-refractivity contribution in [2.24, 2.45) is 68.8 Å². The quantitative estimate of drug-likeness (QED) is 0.0464. The molecule has 36 N–H and O–H groups in total. The van der Waals surface area contributed by atoms with Crippen LogP contribution in [0.5, 0.6) is 0 Å². The number of hydrogen-bond donors (Lipinski definition) is 24. The Hall–Kier alpha value is -2.87. The van der Waals surface area contributed by atoms with Crippen LogP contribution >= 0.6 is 12.4 Å². The van der Waals surface area contributed by atoms with Crippen LogP contribution in [0.15, 0.2) is 12.4 Å². The monoisotopic (exact) mass is 1410 g/mol. The van der Waals surface area contributed by atoms with Crippen LogP contribution in [-0.2, 0) is 82.8 Å². The summed E-state index contributed by atoms with van der Waals surface area (Å²) in [5.41, 5.74) is 75.1. The normalized spacial score (nSPS) is 48.6. The lowest BCUT2D eigenvalue weighted by molar-refractivity contribution is -0.306. The maximum Gasteiger partial charge on any atom is 0.187 e. The van der Waals surface area contributed by atoms with Gasteiger partial charge in [-0.3, -0.25) is 0 Å². The van der Waals surface area contributed by atoms with Crippen molar-refractivity contribution in [1.29, 1.82) is 0 Å². The van der Waals surface area contributed by atoms with Crippen LogP contribution < -0.4 is 68.8 Å². The summed E-state index contributed by atoms with van der Waals surface area (Å²) in [6, 6.07) is -9.20. The van der Waals surface area contributed by atoms with Crippen molar-refractivity contribution in [2.75, 3.05) is 26.2 Å². The molecule has 42 nitrogen and oxygen atoms in total. The van der Waals surface area contributed by atoms with Crippen molar-refractivity contribution in [1.82, 2.24) is 30.0 Å². The van der Waals surface area contributed by atoms with Gasteiger partial charge >= 0.3 is 0 Å². The van der Waals surface area contributed by atoms with E-state index in [0.29, 0.717) is 30.7 Å². The second-order valence-corrected chi connectivity index (χ2v) is 25.8. The van der Waals surface area contributed by atoms with Crippen molar-refractivity contribution in [3.8, 4) is 0 Å². The van der Waals surface area contributed by atoms with Gasteiger partial charge in [-0.1, -0.05) is 10.4 Å². The van der Waals surface area contributed by atoms with E-state index in [0.717, 1.165) is 0 Å². The van der Waals surface area contributed by atoms with Crippen molar-refractivity contribution in [3.05, 3.63) is 23.8 Å². The highest BCUT2D eigenvalue weighted by molar-refractivity contribution is 5.85. The van der Waals surface area contributed by atoms with E-state index in [1.807, 2.05) is 0 Å². The Balaban J connectivity index is 0.0000108. The Kier molecular flexibility index (Phi) is 26.6. The van der Waals surface area contributed by atoms with Gasteiger partial charge in [0, 0.05) is 62.7 Å². The van der Waals surface area contributed by atoms with Crippen LogP contribution in [-0.4, -0.2) is 350 Å². The van der Waals surface area contributed by atoms with Gasteiger partial charge in [-0.25, -0.2) is 9.36 Å². The molecule has 8 fully saturated rings. The van der Waals surface area contributed by atoms with E-state index in [1.54, 1.807) is 12.4 Å². The maximum absolute atomic E-state index is 12.0. The van der Waals surface area contributed by atoms with Gasteiger partial charge in [0.2, 0.25) is 0 Å². The number of aliphatic hydroxyl groups excluding tert-OH is 12. The Bertz CT molecular complexity index is 2550. The first-order valence-corrected chi connectivity index (χ1v) is 31.8. The minimum absolute atomic E-state index is 0. The first-order valence-electron chi connectivity index (χ1n) is 31.8. The number of hydrogen-bond acceptors (Lipinski definition) is 40. The van der Waals surface area contributed by atoms with E-state index < -0.39 is 233 Å². The predicted octanol–water partition coefficient (Wildman–Crippen LogP) is -16.3. The van der Waals surface area contributed by atoms with E-state index in [4.69, 9.17) is 126 Å². The summed E-state index contributed by atoms with van der Waals surface area (Å²) in [5, 5.41) is 150. The number of ether oxygens (including phenoxy) is 12. The maximum atomic E-state index is 12.0. The second kappa shape index (κ2) is 33.1. The largest absolute Gasteiger partial charge is 0.389 e. The van der Waals surface area contributed by atoms with Crippen LogP contribution in [0.3, 0.4) is 0 Å². The smallest absolute Gasteiger partial charge is 0.187 e. The van der Waals surface area contributed by atoms with Crippen LogP contribution in [0.1, 0.15) is 30.7 Å². The fraction of sp³-hybridized carbons (Fsp3) is 0.925. The van der Waals surface area contributed by atoms with Crippen LogP contribution in [0.25, 0.3) is 0 Å². The molecule has 2 aromatic rings. The van der Waals surface area contributed by atoms with Gasteiger partial charge in [0.25, 0.3) is 0 Å². The molecular weight excluding hydrogens is 1310 g/mol. The molecule has 0 unspecified atom stereocenters. The Morgan fingerprint density at radius 1 is 0.344 bits per heavy atom. The lowest BCUT2D eigenvalue weighted by Gasteiger charge is -2.47. The highest BCUT2D eigenvalue weighted by atomic mass is 35.5. The number of nitrogens with two attached hydrogens (primary N) is 12. The average Bonchev–Trinajstić information content (AvgIpc) is 0.825. The number of aliphatic hydroxyl groups is 12. The second-order valence-electron chi connectivity index (χ2n) is 25.8. The molecule has 0 aromatic carbocycles. The zero-order valence-electron chi connectivity index (χ0n) is 52.2. The van der Waals surface area contributed by atoms with Crippen LogP contribution in [0.2, 0.25) is 0 Å². The first-order chi connectivity index (χ1) is 45.2. The summed E-state index contributed by atoms with van der Waals surface area (Å²) >= 11 is 0. The van der Waals surface area contributed by atoms with E-state index in [9.17, 15) is 61.3 Å². The molecular formula is C53H99ClN18O24. The third-order valence-corrected chi connectivity index (χ3v) is 19.2. The molecule has 8 aliphatic rings. The zero-order chi connectivity index (χ0) is 68.8. The van der Waals surface area contributed by atoms with E-state index in [1.165, 1.54) is 9.36 Å². The van der Waals surface area contributed by atoms with Gasteiger partial charge in [-0.2, -0.15) is 0 Å². The van der Waals surface area contributed by atoms with E-state index >= 15 is 0 Å². The molecule has 6 saturated heterocycles. The average molecular weight is 1410 g/mol. The Morgan fingerprint density at radius 3 is 0.906 bits per heavy atom. The Labute approximate surface area is 555 Å². The summed E-state index contributed by atoms with van der Waals surface area (Å²) in [6.07, 6.45) is -38.3. The number of nitrogens with zero attached hydrogens (tertiary/aromatic N) is 6. The minimum Gasteiger partial charge on any atom is -0.389 e. The fourth-order valence-corrected chi connectivity index (χ4v) is 13.4. The molecule has 6 aliphatic heterocycles. The van der Waals surface area contributed by atoms with Crippen LogP contribution in [0.4, 0.5) is 0 Å². The summed E-state index contributed by atoms with van der Waals surface area (Å²) < 4.78 is 76.4. The lowest BCUT2D eigenvalue weighted by atomic mass is 9.84. The topological polar surface area (TPSA) is 727 Å². The Morgan fingerprint density at radius 2 is 0.615 bits per heavy atom. The molecule has 0 bridgehead atoms. The number of rotatable bonds is 24. The van der Waals surface area contributed by atoms with Crippen LogP contribution in [0, 0.1) is 0 Å². The molecule has 8 heterocycles. The molecule has 0 radical (unpaired) electrons. The van der Waals surface area contributed by atoms with Gasteiger partial charge in [0.15, 0.2) is 37.7 Å². The summed E-state index contributed by atoms with van der Waals surface area (Å²) in [7, 11) is 0. The standard InChI is InChI=1S/C53H98N18O24.ClH/c54-6-20-32(74)36(78)26(62)48(84-20)90-42-18(60)4-16(58)30(72)46(42)94-52-40(82)44(92-50-28(64)38(80)34(76)22(8-56)86-50)24(88-52)12-70-10-14(66-68-70)2-1-3-15-11-71(69-67-15)13-25-45(93-51-29(65)39(81)35(77)23(9-57)87-51)41(83)53(89-25)95-47-31(73)17(59)5-19(61)43(47)91-49-27(63)37(79)33(75)21(7-55)85-49;/h10-11,16-53,72-83H,1-9,12-13,54-65H2;1H/t16-,17-,18+,19+,20-,21-,22+,23+,24-,25-,26-,27-,28-,29-,30+,31+,32-,33-,34-,35-,36-,37-,38-,39-,40-,41-,42-,43-,44-,45-,46-,47-,48-,49-,50-,51-,52+,53+;/m1./s1. The van der Waals surface area contributed by atoms with Crippen molar-refractivity contribution in [2.45, 2.75) is 278 Å². The number of halogens is 1. The van der Waals surface area contributed by atoms with Gasteiger partial charge in [0.1, 0.15) is 134 Å². The lowest BCUT2D eigenvalue weighted by Crippen LogP contribution is -2.68. The summed E-state index contributed by atoms with van der Waals surface area (Å²) in [5.74, 6) is 0. The van der Waals surface area contributed by atoms with Gasteiger partial charge in [-0.05, 0) is 32.1 Å². The molecule has 38 atom stereocenters. The van der Waals surface area contributed by atoms with Gasteiger partial charge in [0.05, 0.1) is 60.9 Å². The summed E-state index contributed by atoms with van der Waals surface area (Å²) in [4.78, 5) is 0. The summed E-state index contributed by atoms with van der Waals surface area (Å²) in [6.45, 7) is -1.28. The molecule has 2 aromatic heterocycles. The number of aromatic nitrogens is 6. The molecule has 552 valence electrons. The molecule has 0 spiro atoms. The van der Waals surface area contributed by atoms with Gasteiger partial charge < -0.3 is 187 Å². The van der Waals surface area contributed by atoms with Crippen molar-refractivity contribution < 1.29 is 118 Å². The van der Waals surface area contributed by atoms with E-state index in [-0.39, 0.29) is 64.5 Å². The third kappa shape index (κ3) is 16.3. The SMILES string of the molecule is Cl.NC[C@@H]1O[C@H](O[C@H]2[C@@H](O)[C@H](O[C@@H]3[C@@H](O)[C@H](N)C[C@H](N)[C@H]3O[C@H]3O[C@H](CN)[C@@H](O)[C@H](O)[C@H]3N)O[C@@H]2Cn2cc(CCCc3cn(C[C@H]4O[C@@H](O[C@@H]5[C@@H](O)[C@H](N)C[C@H](N)[C@H]5O[C@H]5O[C@H](CN)[C@@H](O)[C@H](O)[C@H]5N)[C@H](O)[C@@H]4O[C@H]4O[C@@H](CN)[C@@H](O)[C@H](O)[C@H]4N)nn3)nn2)[C@H](N)[C@@H](O)[C@@H]1O. The van der Waals surface area contributed by atoms with Crippen molar-refractivity contribution in [3.63, 3.8) is 0 Å². The third-order valence-electron chi connectivity index (χ3n) is 19.2. The molecule has 43 heteroatoms. The molecule has 10 rings (SSSR count). The molecule has 2 aliphatic carbocycles. The molecule has 96 heavy (non-hydrogen) atoms. The predicted molar refractivity (Wildman–Crippen MR) is 322 cm³/mol. The molecule has 2 saturated carbocycles. The van der Waals surface area contributed by atoms with E-state index in [2.05, 4.69) is 20.6 Å². The number of aryl methyl sites for hydroxylation is 2. The first kappa shape index (κ1) is 77.3. The minimum atomic E-state index is -1.72. The highest BCUT2D eigenvalue weighted by Crippen LogP contribution is 2.38. The fourth-order valence-electron chi connectivity index (χ4n) is 13.4. The molecule has 0 amide bonds. The van der Waals surface area contributed by atoms with Gasteiger partial charge in [-0.15, -0.1) is 22.6 Å².